The lowest BCUT2D eigenvalue weighted by molar-refractivity contribution is -0.115. The average Bonchev–Trinajstić information content (AvgIpc) is 2.62. The highest BCUT2D eigenvalue weighted by atomic mass is 79.9. The van der Waals surface area contributed by atoms with E-state index in [1.165, 1.54) is 14.2 Å². The fourth-order valence-corrected chi connectivity index (χ4v) is 3.76. The smallest absolute Gasteiger partial charge is 0.205 e. The van der Waals surface area contributed by atoms with Crippen LogP contribution in [-0.4, -0.2) is 31.6 Å². The van der Waals surface area contributed by atoms with E-state index in [9.17, 15) is 14.4 Å². The van der Waals surface area contributed by atoms with Crippen LogP contribution in [0.2, 0.25) is 0 Å². The van der Waals surface area contributed by atoms with E-state index in [0.29, 0.717) is 23.5 Å². The first kappa shape index (κ1) is 17.6. The minimum atomic E-state index is -0.317. The number of hydrogen-bond acceptors (Lipinski definition) is 5. The van der Waals surface area contributed by atoms with Gasteiger partial charge in [0.1, 0.15) is 11.5 Å². The van der Waals surface area contributed by atoms with Crippen LogP contribution in [0.5, 0.6) is 11.5 Å². The van der Waals surface area contributed by atoms with Gasteiger partial charge in [-0.1, -0.05) is 5.57 Å². The molecule has 0 atom stereocenters. The van der Waals surface area contributed by atoms with Crippen molar-refractivity contribution in [3.63, 3.8) is 0 Å². The van der Waals surface area contributed by atoms with E-state index >= 15 is 0 Å². The number of halogens is 1. The fraction of sp³-hybridized carbons (Fsp3) is 0.316. The number of methoxy groups -OCH3 is 2. The highest BCUT2D eigenvalue weighted by Gasteiger charge is 2.36. The van der Waals surface area contributed by atoms with Crippen molar-refractivity contribution in [2.45, 2.75) is 25.7 Å². The zero-order chi connectivity index (χ0) is 18.1. The van der Waals surface area contributed by atoms with Crippen LogP contribution in [-0.2, 0) is 4.79 Å². The largest absolute Gasteiger partial charge is 0.496 e. The lowest BCUT2D eigenvalue weighted by atomic mass is 9.83. The molecule has 130 valence electrons. The van der Waals surface area contributed by atoms with Crippen molar-refractivity contribution < 1.29 is 23.9 Å². The third-order valence-electron chi connectivity index (χ3n) is 4.45. The van der Waals surface area contributed by atoms with Crippen LogP contribution in [0.25, 0.3) is 0 Å². The minimum absolute atomic E-state index is 0.0622. The van der Waals surface area contributed by atoms with Gasteiger partial charge in [-0.3, -0.25) is 14.4 Å². The first-order valence-electron chi connectivity index (χ1n) is 7.93. The topological polar surface area (TPSA) is 69.7 Å². The van der Waals surface area contributed by atoms with Crippen LogP contribution in [0.4, 0.5) is 0 Å². The summed E-state index contributed by atoms with van der Waals surface area (Å²) in [5.74, 6) is 0.129. The zero-order valence-corrected chi connectivity index (χ0v) is 15.6. The molecule has 5 nitrogen and oxygen atoms in total. The zero-order valence-electron chi connectivity index (χ0n) is 14.0. The molecule has 1 aromatic carbocycles. The molecule has 0 aromatic heterocycles. The molecule has 3 rings (SSSR count). The number of Topliss-reactive ketones (excluding diaryl/α,β-unsaturated/α-hetero) is 2. The first-order chi connectivity index (χ1) is 12.0. The molecule has 2 aliphatic rings. The number of hydrogen-bond donors (Lipinski definition) is 0. The second kappa shape index (κ2) is 6.96. The molecule has 0 spiro atoms. The maximum Gasteiger partial charge on any atom is 0.205 e. The molecule has 25 heavy (non-hydrogen) atoms. The van der Waals surface area contributed by atoms with Crippen molar-refractivity contribution in [3.8, 4) is 11.5 Å². The molecule has 0 unspecified atom stereocenters. The van der Waals surface area contributed by atoms with Crippen molar-refractivity contribution in [2.24, 2.45) is 0 Å². The van der Waals surface area contributed by atoms with Gasteiger partial charge in [-0.15, -0.1) is 0 Å². The monoisotopic (exact) mass is 404 g/mol. The summed E-state index contributed by atoms with van der Waals surface area (Å²) in [5.41, 5.74) is 1.64. The Morgan fingerprint density at radius 3 is 2.12 bits per heavy atom. The predicted octanol–water partition coefficient (Wildman–Crippen LogP) is 3.80. The second-order valence-corrected chi connectivity index (χ2v) is 6.76. The SMILES string of the molecule is COc1ccc(OC)c2c1C(=O)C(Br)=C(CC1=CC(=O)CCC1)C2=O. The standard InChI is InChI=1S/C19H17BrO5/c1-24-13-6-7-14(25-2)16-15(13)18(22)12(17(20)19(16)23)9-10-4-3-5-11(21)8-10/h6-8H,3-5,9H2,1-2H3. The van der Waals surface area contributed by atoms with Gasteiger partial charge in [0.15, 0.2) is 11.6 Å². The van der Waals surface area contributed by atoms with Gasteiger partial charge in [-0.25, -0.2) is 0 Å². The molecule has 0 heterocycles. The van der Waals surface area contributed by atoms with Crippen LogP contribution in [0.1, 0.15) is 46.4 Å². The lowest BCUT2D eigenvalue weighted by Crippen LogP contribution is -2.22. The normalized spacial score (nSPS) is 17.4. The van der Waals surface area contributed by atoms with E-state index in [-0.39, 0.29) is 39.4 Å². The Kier molecular flexibility index (Phi) is 4.90. The quantitative estimate of drug-likeness (QED) is 0.762. The van der Waals surface area contributed by atoms with Gasteiger partial charge in [0, 0.05) is 12.0 Å². The van der Waals surface area contributed by atoms with E-state index in [0.717, 1.165) is 18.4 Å². The van der Waals surface area contributed by atoms with Crippen molar-refractivity contribution in [2.75, 3.05) is 14.2 Å². The predicted molar refractivity (Wildman–Crippen MR) is 95.7 cm³/mol. The second-order valence-electron chi connectivity index (χ2n) is 5.97. The third kappa shape index (κ3) is 3.06. The number of fused-ring (bicyclic) bond motifs is 1. The number of carbonyl (C=O) groups excluding carboxylic acids is 3. The van der Waals surface area contributed by atoms with Gasteiger partial charge >= 0.3 is 0 Å². The molecular formula is C19H17BrO5. The van der Waals surface area contributed by atoms with Crippen molar-refractivity contribution in [1.82, 2.24) is 0 Å². The van der Waals surface area contributed by atoms with Crippen LogP contribution < -0.4 is 9.47 Å². The maximum atomic E-state index is 13.1. The molecule has 0 N–H and O–H groups in total. The Hall–Kier alpha value is -2.21. The summed E-state index contributed by atoms with van der Waals surface area (Å²) in [5, 5.41) is 0. The molecule has 0 radical (unpaired) electrons. The molecule has 0 aliphatic heterocycles. The Morgan fingerprint density at radius 1 is 0.960 bits per heavy atom. The Bertz CT molecular complexity index is 848. The van der Waals surface area contributed by atoms with E-state index in [2.05, 4.69) is 15.9 Å². The van der Waals surface area contributed by atoms with Crippen LogP contribution >= 0.6 is 15.9 Å². The molecule has 0 amide bonds. The molecule has 6 heteroatoms. The highest BCUT2D eigenvalue weighted by Crippen LogP contribution is 2.41. The summed E-state index contributed by atoms with van der Waals surface area (Å²) >= 11 is 3.28. The third-order valence-corrected chi connectivity index (χ3v) is 5.29. The number of benzene rings is 1. The molecule has 0 bridgehead atoms. The van der Waals surface area contributed by atoms with Crippen molar-refractivity contribution in [3.05, 3.63) is 45.0 Å². The van der Waals surface area contributed by atoms with E-state index in [1.54, 1.807) is 18.2 Å². The van der Waals surface area contributed by atoms with Gasteiger partial charge in [0.2, 0.25) is 5.78 Å². The first-order valence-corrected chi connectivity index (χ1v) is 8.72. The lowest BCUT2D eigenvalue weighted by Gasteiger charge is -2.23. The summed E-state index contributed by atoms with van der Waals surface area (Å²) in [6.07, 6.45) is 3.92. The van der Waals surface area contributed by atoms with Gasteiger partial charge in [0.05, 0.1) is 29.8 Å². The molecule has 2 aliphatic carbocycles. The number of ketones is 3. The molecule has 1 aromatic rings. The average molecular weight is 405 g/mol. The summed E-state index contributed by atoms with van der Waals surface area (Å²) in [6, 6.07) is 3.22. The fourth-order valence-electron chi connectivity index (χ4n) is 3.24. The summed E-state index contributed by atoms with van der Waals surface area (Å²) in [7, 11) is 2.90. The van der Waals surface area contributed by atoms with Crippen LogP contribution in [0.3, 0.4) is 0 Å². The van der Waals surface area contributed by atoms with E-state index < -0.39 is 0 Å². The molecule has 0 saturated carbocycles. The number of rotatable bonds is 4. The molecule has 0 fully saturated rings. The maximum absolute atomic E-state index is 13.1. The molecule has 0 saturated heterocycles. The molecular weight excluding hydrogens is 388 g/mol. The minimum Gasteiger partial charge on any atom is -0.496 e. The Labute approximate surface area is 153 Å². The summed E-state index contributed by atoms with van der Waals surface area (Å²) < 4.78 is 10.8. The summed E-state index contributed by atoms with van der Waals surface area (Å²) in [6.45, 7) is 0. The summed E-state index contributed by atoms with van der Waals surface area (Å²) in [4.78, 5) is 37.6. The Balaban J connectivity index is 2.10. The number of carbonyl (C=O) groups is 3. The van der Waals surface area contributed by atoms with Crippen molar-refractivity contribution >= 4 is 33.3 Å². The van der Waals surface area contributed by atoms with Gasteiger partial charge < -0.3 is 9.47 Å². The Morgan fingerprint density at radius 2 is 1.56 bits per heavy atom. The van der Waals surface area contributed by atoms with E-state index in [1.807, 2.05) is 0 Å². The van der Waals surface area contributed by atoms with Crippen molar-refractivity contribution in [1.29, 1.82) is 0 Å². The number of ether oxygens (including phenoxy) is 2. The number of allylic oxidation sites excluding steroid dienone is 4. The van der Waals surface area contributed by atoms with Gasteiger partial charge in [-0.05, 0) is 53.4 Å². The van der Waals surface area contributed by atoms with Gasteiger partial charge in [0.25, 0.3) is 0 Å². The van der Waals surface area contributed by atoms with Gasteiger partial charge in [-0.2, -0.15) is 0 Å². The highest BCUT2D eigenvalue weighted by molar-refractivity contribution is 9.12. The van der Waals surface area contributed by atoms with Crippen LogP contribution in [0, 0.1) is 0 Å². The van der Waals surface area contributed by atoms with Crippen LogP contribution in [0.15, 0.2) is 33.8 Å². The van der Waals surface area contributed by atoms with E-state index in [4.69, 9.17) is 9.47 Å².